The fourth-order valence-electron chi connectivity index (χ4n) is 3.52. The van der Waals surface area contributed by atoms with Crippen molar-refractivity contribution >= 4 is 17.2 Å². The van der Waals surface area contributed by atoms with Gasteiger partial charge in [0, 0.05) is 63.2 Å². The van der Waals surface area contributed by atoms with E-state index in [2.05, 4.69) is 14.8 Å². The molecule has 1 aromatic carbocycles. The molecule has 3 aromatic rings. The van der Waals surface area contributed by atoms with E-state index in [0.717, 1.165) is 12.1 Å². The molecule has 1 N–H and O–H groups in total. The lowest BCUT2D eigenvalue weighted by Gasteiger charge is -2.34. The average Bonchev–Trinajstić information content (AvgIpc) is 2.67. The van der Waals surface area contributed by atoms with Crippen molar-refractivity contribution in [2.75, 3.05) is 26.2 Å². The number of rotatable bonds is 4. The number of nitrogens with zero attached hydrogens (tertiary/aromatic N) is 4. The van der Waals surface area contributed by atoms with Crippen molar-refractivity contribution < 1.29 is 13.9 Å². The third-order valence-electron chi connectivity index (χ3n) is 5.01. The summed E-state index contributed by atoms with van der Waals surface area (Å²) in [6.45, 7) is 3.57. The zero-order valence-electron chi connectivity index (χ0n) is 15.5. The van der Waals surface area contributed by atoms with Gasteiger partial charge in [-0.15, -0.1) is 0 Å². The minimum atomic E-state index is -0.446. The van der Waals surface area contributed by atoms with E-state index in [9.17, 15) is 18.7 Å². The molecule has 3 heterocycles. The van der Waals surface area contributed by atoms with Crippen LogP contribution in [-0.2, 0) is 13.1 Å². The number of pyridine rings is 1. The van der Waals surface area contributed by atoms with Gasteiger partial charge in [0.1, 0.15) is 11.6 Å². The molecule has 0 aliphatic carbocycles. The smallest absolute Gasteiger partial charge is 0.258 e. The number of hydrogen-bond donors (Lipinski definition) is 1. The van der Waals surface area contributed by atoms with Gasteiger partial charge in [0.15, 0.2) is 11.4 Å². The quantitative estimate of drug-likeness (QED) is 0.703. The number of benzene rings is 1. The van der Waals surface area contributed by atoms with E-state index in [1.54, 1.807) is 0 Å². The molecule has 0 amide bonds. The normalized spacial score (nSPS) is 15.8. The van der Waals surface area contributed by atoms with Gasteiger partial charge >= 0.3 is 0 Å². The SMILES string of the molecule is O=c1cc(CN2CCN(Cc3cc(F)ccc3F)CC2)nc2c(O)cc(Cl)cn12. The standard InChI is InChI=1S/C20H19ClF2N4O2/c21-14-8-18(28)20-24-16(9-19(29)27(20)11-14)12-26-5-3-25(4-6-26)10-13-7-15(22)1-2-17(13)23/h1-2,7-9,11,28H,3-6,10,12H2. The Morgan fingerprint density at radius 3 is 2.45 bits per heavy atom. The average molecular weight is 421 g/mol. The van der Waals surface area contributed by atoms with Crippen LogP contribution >= 0.6 is 11.6 Å². The van der Waals surface area contributed by atoms with Crippen LogP contribution < -0.4 is 5.56 Å². The lowest BCUT2D eigenvalue weighted by molar-refractivity contribution is 0.120. The molecule has 0 atom stereocenters. The second-order valence-corrected chi connectivity index (χ2v) is 7.55. The number of piperazine rings is 1. The highest BCUT2D eigenvalue weighted by Gasteiger charge is 2.19. The third-order valence-corrected chi connectivity index (χ3v) is 5.22. The van der Waals surface area contributed by atoms with E-state index < -0.39 is 11.6 Å². The minimum absolute atomic E-state index is 0.154. The molecule has 6 nitrogen and oxygen atoms in total. The van der Waals surface area contributed by atoms with Crippen LogP contribution in [-0.4, -0.2) is 50.5 Å². The summed E-state index contributed by atoms with van der Waals surface area (Å²) in [6.07, 6.45) is 1.42. The van der Waals surface area contributed by atoms with Gasteiger partial charge < -0.3 is 5.11 Å². The maximum Gasteiger partial charge on any atom is 0.258 e. The van der Waals surface area contributed by atoms with Crippen LogP contribution in [0.15, 0.2) is 41.3 Å². The molecule has 9 heteroatoms. The summed E-state index contributed by atoms with van der Waals surface area (Å²) in [5.74, 6) is -1.01. The molecule has 29 heavy (non-hydrogen) atoms. The topological polar surface area (TPSA) is 61.1 Å². The molecule has 0 unspecified atom stereocenters. The van der Waals surface area contributed by atoms with Crippen molar-refractivity contribution in [3.05, 3.63) is 74.8 Å². The van der Waals surface area contributed by atoms with E-state index >= 15 is 0 Å². The van der Waals surface area contributed by atoms with E-state index in [4.69, 9.17) is 11.6 Å². The number of hydrogen-bond acceptors (Lipinski definition) is 5. The summed E-state index contributed by atoms with van der Waals surface area (Å²) in [5, 5.41) is 10.3. The highest BCUT2D eigenvalue weighted by atomic mass is 35.5. The molecule has 152 valence electrons. The molecule has 0 spiro atoms. The summed E-state index contributed by atoms with van der Waals surface area (Å²) < 4.78 is 28.4. The molecule has 1 aliphatic heterocycles. The van der Waals surface area contributed by atoms with Crippen molar-refractivity contribution in [2.45, 2.75) is 13.1 Å². The first-order chi connectivity index (χ1) is 13.9. The van der Waals surface area contributed by atoms with Crippen molar-refractivity contribution in [1.82, 2.24) is 19.2 Å². The van der Waals surface area contributed by atoms with E-state index in [-0.39, 0.29) is 22.0 Å². The Morgan fingerprint density at radius 1 is 1.03 bits per heavy atom. The largest absolute Gasteiger partial charge is 0.504 e. The van der Waals surface area contributed by atoms with Gasteiger partial charge in [0.25, 0.3) is 5.56 Å². The van der Waals surface area contributed by atoms with Gasteiger partial charge in [0.05, 0.1) is 10.7 Å². The number of aromatic nitrogens is 2. The van der Waals surface area contributed by atoms with Crippen molar-refractivity contribution in [1.29, 1.82) is 0 Å². The van der Waals surface area contributed by atoms with Crippen LogP contribution in [0.1, 0.15) is 11.3 Å². The molecule has 1 aliphatic rings. The molecule has 0 radical (unpaired) electrons. The Balaban J connectivity index is 1.42. The molecule has 1 saturated heterocycles. The van der Waals surface area contributed by atoms with Gasteiger partial charge in [0.2, 0.25) is 0 Å². The summed E-state index contributed by atoms with van der Waals surface area (Å²) in [4.78, 5) is 20.9. The van der Waals surface area contributed by atoms with Gasteiger partial charge in [-0.3, -0.25) is 19.0 Å². The predicted molar refractivity (Wildman–Crippen MR) is 105 cm³/mol. The second-order valence-electron chi connectivity index (χ2n) is 7.11. The lowest BCUT2D eigenvalue weighted by atomic mass is 10.1. The number of fused-ring (bicyclic) bond motifs is 1. The zero-order chi connectivity index (χ0) is 20.5. The summed E-state index contributed by atoms with van der Waals surface area (Å²) in [6, 6.07) is 6.26. The van der Waals surface area contributed by atoms with Crippen LogP contribution in [0.4, 0.5) is 8.78 Å². The maximum absolute atomic E-state index is 13.8. The Kier molecular flexibility index (Phi) is 5.49. The first kappa shape index (κ1) is 19.8. The number of aromatic hydroxyl groups is 1. The summed E-state index contributed by atoms with van der Waals surface area (Å²) in [7, 11) is 0. The van der Waals surface area contributed by atoms with Gasteiger partial charge in [-0.25, -0.2) is 13.8 Å². The van der Waals surface area contributed by atoms with Crippen LogP contribution in [0.5, 0.6) is 5.75 Å². The van der Waals surface area contributed by atoms with Crippen LogP contribution in [0, 0.1) is 11.6 Å². The van der Waals surface area contributed by atoms with Crippen LogP contribution in [0.2, 0.25) is 5.02 Å². The number of halogens is 3. The van der Waals surface area contributed by atoms with Crippen LogP contribution in [0.3, 0.4) is 0 Å². The fourth-order valence-corrected chi connectivity index (χ4v) is 3.72. The first-order valence-corrected chi connectivity index (χ1v) is 9.56. The van der Waals surface area contributed by atoms with Crippen LogP contribution in [0.25, 0.3) is 5.65 Å². The van der Waals surface area contributed by atoms with Gasteiger partial charge in [-0.1, -0.05) is 11.6 Å². The van der Waals surface area contributed by atoms with E-state index in [0.29, 0.717) is 50.5 Å². The predicted octanol–water partition coefficient (Wildman–Crippen LogP) is 2.65. The Labute approximate surface area is 170 Å². The van der Waals surface area contributed by atoms with Gasteiger partial charge in [-0.2, -0.15) is 0 Å². The van der Waals surface area contributed by atoms with Crippen molar-refractivity contribution in [3.63, 3.8) is 0 Å². The highest BCUT2D eigenvalue weighted by molar-refractivity contribution is 6.30. The minimum Gasteiger partial charge on any atom is -0.504 e. The maximum atomic E-state index is 13.8. The summed E-state index contributed by atoms with van der Waals surface area (Å²) in [5.41, 5.74) is 0.745. The molecular weight excluding hydrogens is 402 g/mol. The Bertz CT molecular complexity index is 1110. The van der Waals surface area contributed by atoms with Gasteiger partial charge in [-0.05, 0) is 18.2 Å². The second kappa shape index (κ2) is 8.06. The third kappa shape index (κ3) is 4.39. The molecule has 0 bridgehead atoms. The first-order valence-electron chi connectivity index (χ1n) is 9.18. The van der Waals surface area contributed by atoms with Crippen molar-refractivity contribution in [3.8, 4) is 5.75 Å². The lowest BCUT2D eigenvalue weighted by Crippen LogP contribution is -2.45. The Morgan fingerprint density at radius 2 is 1.72 bits per heavy atom. The fraction of sp³-hybridized carbons (Fsp3) is 0.300. The van der Waals surface area contributed by atoms with E-state index in [1.165, 1.54) is 28.8 Å². The molecule has 2 aromatic heterocycles. The Hall–Kier alpha value is -2.55. The molecular formula is C20H19ClF2N4O2. The van der Waals surface area contributed by atoms with Crippen molar-refractivity contribution in [2.24, 2.45) is 0 Å². The molecule has 4 rings (SSSR count). The highest BCUT2D eigenvalue weighted by Crippen LogP contribution is 2.21. The molecule has 1 fully saturated rings. The summed E-state index contributed by atoms with van der Waals surface area (Å²) >= 11 is 5.88. The molecule has 0 saturated carbocycles. The monoisotopic (exact) mass is 420 g/mol. The zero-order valence-corrected chi connectivity index (χ0v) is 16.2. The van der Waals surface area contributed by atoms with E-state index in [1.807, 2.05) is 0 Å².